The number of benzene rings is 1. The Balaban J connectivity index is 2.75. The molecule has 0 atom stereocenters. The lowest BCUT2D eigenvalue weighted by atomic mass is 10.2. The van der Waals surface area contributed by atoms with Crippen molar-refractivity contribution in [1.82, 2.24) is 0 Å². The first-order valence-corrected chi connectivity index (χ1v) is 4.09. The van der Waals surface area contributed by atoms with Gasteiger partial charge in [-0.05, 0) is 19.1 Å². The van der Waals surface area contributed by atoms with Crippen LogP contribution >= 0.6 is 0 Å². The monoisotopic (exact) mass is 193 g/mol. The first-order valence-electron chi connectivity index (χ1n) is 4.09. The summed E-state index contributed by atoms with van der Waals surface area (Å²) < 4.78 is 9.31. The number of carbonyl (C=O) groups is 1. The van der Waals surface area contributed by atoms with Crippen LogP contribution in [0, 0.1) is 0 Å². The van der Waals surface area contributed by atoms with Gasteiger partial charge in [-0.15, -0.1) is 0 Å². The second-order valence-corrected chi connectivity index (χ2v) is 2.38. The Bertz CT molecular complexity index is 333. The van der Waals surface area contributed by atoms with Crippen LogP contribution in [0.25, 0.3) is 0 Å². The Morgan fingerprint density at radius 1 is 1.43 bits per heavy atom. The van der Waals surface area contributed by atoms with Crippen LogP contribution in [0.2, 0.25) is 0 Å². The number of carbonyl (C=O) groups excluding carboxylic acids is 2. The van der Waals surface area contributed by atoms with Crippen molar-refractivity contribution in [2.75, 3.05) is 6.61 Å². The van der Waals surface area contributed by atoms with Gasteiger partial charge in [0.05, 0.1) is 12.2 Å². The molecule has 14 heavy (non-hydrogen) atoms. The van der Waals surface area contributed by atoms with Gasteiger partial charge in [-0.2, -0.15) is 0 Å². The lowest BCUT2D eigenvalue weighted by molar-refractivity contribution is 0.104. The third-order valence-corrected chi connectivity index (χ3v) is 1.45. The van der Waals surface area contributed by atoms with E-state index in [0.29, 0.717) is 0 Å². The van der Waals surface area contributed by atoms with E-state index in [0.717, 1.165) is 0 Å². The SMILES string of the molecule is CCOC(=O)Oc1ccccc1[C]=O. The van der Waals surface area contributed by atoms with Crippen molar-refractivity contribution < 1.29 is 19.1 Å². The smallest absolute Gasteiger partial charge is 0.434 e. The van der Waals surface area contributed by atoms with Crippen molar-refractivity contribution in [1.29, 1.82) is 0 Å². The summed E-state index contributed by atoms with van der Waals surface area (Å²) in [6, 6.07) is 6.30. The Kier molecular flexibility index (Phi) is 3.67. The Morgan fingerprint density at radius 2 is 2.14 bits per heavy atom. The van der Waals surface area contributed by atoms with Crippen LogP contribution in [0.1, 0.15) is 12.5 Å². The summed E-state index contributed by atoms with van der Waals surface area (Å²) in [6.45, 7) is 1.89. The summed E-state index contributed by atoms with van der Waals surface area (Å²) in [5.74, 6) is 0.154. The van der Waals surface area contributed by atoms with Crippen LogP contribution in [0.3, 0.4) is 0 Å². The molecule has 1 aromatic carbocycles. The molecule has 4 heteroatoms. The first-order chi connectivity index (χ1) is 6.77. The summed E-state index contributed by atoms with van der Waals surface area (Å²) in [4.78, 5) is 21.3. The normalized spacial score (nSPS) is 9.21. The molecule has 0 fully saturated rings. The number of hydrogen-bond donors (Lipinski definition) is 0. The highest BCUT2D eigenvalue weighted by atomic mass is 16.7. The molecular weight excluding hydrogens is 184 g/mol. The first kappa shape index (κ1) is 10.2. The minimum Gasteiger partial charge on any atom is -0.434 e. The predicted molar refractivity (Wildman–Crippen MR) is 48.9 cm³/mol. The van der Waals surface area contributed by atoms with Gasteiger partial charge in [-0.1, -0.05) is 12.1 Å². The van der Waals surface area contributed by atoms with Crippen molar-refractivity contribution >= 4 is 12.4 Å². The Hall–Kier alpha value is -1.84. The fourth-order valence-corrected chi connectivity index (χ4v) is 0.877. The molecule has 4 nitrogen and oxygen atoms in total. The van der Waals surface area contributed by atoms with E-state index in [9.17, 15) is 9.59 Å². The fourth-order valence-electron chi connectivity index (χ4n) is 0.877. The molecule has 0 saturated carbocycles. The average molecular weight is 193 g/mol. The van der Waals surface area contributed by atoms with Gasteiger partial charge in [0.15, 0.2) is 0 Å². The molecule has 0 N–H and O–H groups in total. The highest BCUT2D eigenvalue weighted by molar-refractivity contribution is 5.81. The predicted octanol–water partition coefficient (Wildman–Crippen LogP) is 1.68. The van der Waals surface area contributed by atoms with Gasteiger partial charge < -0.3 is 9.47 Å². The number of ether oxygens (including phenoxy) is 2. The van der Waals surface area contributed by atoms with Crippen molar-refractivity contribution in [2.24, 2.45) is 0 Å². The van der Waals surface area contributed by atoms with Crippen LogP contribution < -0.4 is 4.74 Å². The summed E-state index contributed by atoms with van der Waals surface area (Å²) in [6.07, 6.45) is 0.836. The molecule has 0 aliphatic heterocycles. The molecule has 1 radical (unpaired) electrons. The molecule has 73 valence electrons. The summed E-state index contributed by atoms with van der Waals surface area (Å²) >= 11 is 0. The zero-order valence-electron chi connectivity index (χ0n) is 7.65. The quantitative estimate of drug-likeness (QED) is 0.541. The van der Waals surface area contributed by atoms with E-state index >= 15 is 0 Å². The minimum absolute atomic E-state index is 0.154. The Morgan fingerprint density at radius 3 is 2.79 bits per heavy atom. The van der Waals surface area contributed by atoms with Crippen LogP contribution in [-0.2, 0) is 9.53 Å². The standard InChI is InChI=1S/C10H9O4/c1-2-13-10(12)14-9-6-4-3-5-8(9)7-11/h3-6H,2H2,1H3. The second-order valence-electron chi connectivity index (χ2n) is 2.38. The molecular formula is C10H9O4. The number of para-hydroxylation sites is 1. The summed E-state index contributed by atoms with van der Waals surface area (Å²) in [5.41, 5.74) is 0.195. The van der Waals surface area contributed by atoms with E-state index in [1.165, 1.54) is 12.1 Å². The van der Waals surface area contributed by atoms with Crippen molar-refractivity contribution in [2.45, 2.75) is 6.92 Å². The van der Waals surface area contributed by atoms with Gasteiger partial charge in [0.1, 0.15) is 5.75 Å². The maximum Gasteiger partial charge on any atom is 0.513 e. The third-order valence-electron chi connectivity index (χ3n) is 1.45. The molecule has 0 bridgehead atoms. The lowest BCUT2D eigenvalue weighted by Gasteiger charge is -2.04. The number of hydrogen-bond acceptors (Lipinski definition) is 4. The van der Waals surface area contributed by atoms with Gasteiger partial charge in [0, 0.05) is 0 Å². The zero-order valence-corrected chi connectivity index (χ0v) is 7.65. The molecule has 0 aliphatic carbocycles. The Labute approximate surface area is 81.4 Å². The maximum atomic E-state index is 10.9. The lowest BCUT2D eigenvalue weighted by Crippen LogP contribution is -2.11. The molecule has 0 spiro atoms. The van der Waals surface area contributed by atoms with E-state index in [-0.39, 0.29) is 17.9 Å². The molecule has 0 aromatic heterocycles. The summed E-state index contributed by atoms with van der Waals surface area (Å²) in [5, 5.41) is 0. The topological polar surface area (TPSA) is 52.6 Å². The molecule has 0 aliphatic rings. The van der Waals surface area contributed by atoms with Gasteiger partial charge in [-0.25, -0.2) is 4.79 Å². The molecule has 1 aromatic rings. The molecule has 1 rings (SSSR count). The van der Waals surface area contributed by atoms with Crippen molar-refractivity contribution in [3.63, 3.8) is 0 Å². The fraction of sp³-hybridized carbons (Fsp3) is 0.200. The number of rotatable bonds is 3. The van der Waals surface area contributed by atoms with E-state index in [4.69, 9.17) is 4.74 Å². The van der Waals surface area contributed by atoms with E-state index in [2.05, 4.69) is 4.74 Å². The molecule has 0 unspecified atom stereocenters. The van der Waals surface area contributed by atoms with E-state index < -0.39 is 6.16 Å². The highest BCUT2D eigenvalue weighted by Gasteiger charge is 2.08. The van der Waals surface area contributed by atoms with Crippen LogP contribution in [-0.4, -0.2) is 19.0 Å². The maximum absolute atomic E-state index is 10.9. The average Bonchev–Trinajstić information content (AvgIpc) is 2.19. The largest absolute Gasteiger partial charge is 0.513 e. The van der Waals surface area contributed by atoms with Gasteiger partial charge in [0.25, 0.3) is 0 Å². The van der Waals surface area contributed by atoms with Crippen molar-refractivity contribution in [3.8, 4) is 5.75 Å². The third kappa shape index (κ3) is 2.58. The van der Waals surface area contributed by atoms with Crippen LogP contribution in [0.4, 0.5) is 4.79 Å². The van der Waals surface area contributed by atoms with Crippen molar-refractivity contribution in [3.05, 3.63) is 29.8 Å². The van der Waals surface area contributed by atoms with E-state index in [1.807, 2.05) is 0 Å². The second kappa shape index (κ2) is 5.01. The van der Waals surface area contributed by atoms with Gasteiger partial charge in [0.2, 0.25) is 6.29 Å². The van der Waals surface area contributed by atoms with E-state index in [1.54, 1.807) is 25.3 Å². The minimum atomic E-state index is -0.824. The van der Waals surface area contributed by atoms with Crippen LogP contribution in [0.5, 0.6) is 5.75 Å². The molecule has 0 amide bonds. The van der Waals surface area contributed by atoms with Gasteiger partial charge >= 0.3 is 6.16 Å². The highest BCUT2D eigenvalue weighted by Crippen LogP contribution is 2.15. The van der Waals surface area contributed by atoms with Gasteiger partial charge in [-0.3, -0.25) is 4.79 Å². The molecule has 0 heterocycles. The zero-order chi connectivity index (χ0) is 10.4. The molecule has 0 saturated heterocycles. The summed E-state index contributed by atoms with van der Waals surface area (Å²) in [7, 11) is 0. The van der Waals surface area contributed by atoms with Crippen LogP contribution in [0.15, 0.2) is 24.3 Å².